The predicted molar refractivity (Wildman–Crippen MR) is 147 cm³/mol. The first-order valence-electron chi connectivity index (χ1n) is 12.1. The normalized spacial score (nSPS) is 12.0. The average molecular weight is 590 g/mol. The molecule has 10 nitrogen and oxygen atoms in total. The van der Waals surface area contributed by atoms with Crippen molar-refractivity contribution in [1.82, 2.24) is 24.3 Å². The van der Waals surface area contributed by atoms with Crippen LogP contribution in [0.25, 0.3) is 5.69 Å². The Kier molecular flexibility index (Phi) is 8.45. The average Bonchev–Trinajstić information content (AvgIpc) is 3.32. The number of rotatable bonds is 9. The zero-order chi connectivity index (χ0) is 29.3. The van der Waals surface area contributed by atoms with Crippen molar-refractivity contribution < 1.29 is 23.8 Å². The molecule has 0 aliphatic carbocycles. The number of hydrogen-bond donors (Lipinski definition) is 1. The molecule has 3 heterocycles. The molecular formula is C27H26Cl2FN5O5. The minimum absolute atomic E-state index is 0.000564. The number of aromatic carboxylic acids is 1. The van der Waals surface area contributed by atoms with Crippen LogP contribution < -0.4 is 15.0 Å². The fraction of sp³-hybridized carbons (Fsp3) is 0.296. The quantitative estimate of drug-likeness (QED) is 0.289. The van der Waals surface area contributed by atoms with Crippen LogP contribution >= 0.6 is 23.2 Å². The molecule has 40 heavy (non-hydrogen) atoms. The van der Waals surface area contributed by atoms with Gasteiger partial charge in [0.2, 0.25) is 5.88 Å². The van der Waals surface area contributed by atoms with Crippen LogP contribution in [0.3, 0.4) is 0 Å². The molecule has 1 unspecified atom stereocenters. The Bertz CT molecular complexity index is 1630. The van der Waals surface area contributed by atoms with Crippen molar-refractivity contribution in [3.05, 3.63) is 91.0 Å². The van der Waals surface area contributed by atoms with E-state index in [1.165, 1.54) is 47.9 Å². The number of nitrogens with zero attached hydrogens (tertiary/aromatic N) is 5. The molecule has 0 saturated heterocycles. The highest BCUT2D eigenvalue weighted by atomic mass is 35.5. The molecule has 1 N–H and O–H groups in total. The standard InChI is InChI=1S/C27H26Cl2FN5O5/c1-13(2)23-21(22(26(37)38)33-35(23)20-11-31-27(40-5)32-24(20)39-4)16(15-6-7-17(28)19(30)10-15)8-14-9-18(29)25(36)34(3)12-14/h6-7,9-13,16H,8H2,1-5H3,(H,37,38). The van der Waals surface area contributed by atoms with Crippen molar-refractivity contribution in [2.45, 2.75) is 32.1 Å². The van der Waals surface area contributed by atoms with Crippen LogP contribution in [0, 0.1) is 5.82 Å². The number of hydrogen-bond acceptors (Lipinski definition) is 7. The number of ether oxygens (including phenoxy) is 2. The summed E-state index contributed by atoms with van der Waals surface area (Å²) >= 11 is 12.2. The van der Waals surface area contributed by atoms with Gasteiger partial charge in [0.25, 0.3) is 5.56 Å². The number of carboxylic acid groups (broad SMARTS) is 1. The molecular weight excluding hydrogens is 564 g/mol. The zero-order valence-corrected chi connectivity index (χ0v) is 23.8. The van der Waals surface area contributed by atoms with Gasteiger partial charge in [-0.25, -0.2) is 18.9 Å². The van der Waals surface area contributed by atoms with Crippen LogP contribution in [0.1, 0.15) is 58.6 Å². The van der Waals surface area contributed by atoms with Crippen molar-refractivity contribution in [2.24, 2.45) is 7.05 Å². The second-order valence-corrected chi connectivity index (χ2v) is 10.1. The van der Waals surface area contributed by atoms with Gasteiger partial charge in [0.1, 0.15) is 16.5 Å². The van der Waals surface area contributed by atoms with Crippen LogP contribution in [-0.2, 0) is 13.5 Å². The number of pyridine rings is 1. The summed E-state index contributed by atoms with van der Waals surface area (Å²) in [5, 5.41) is 14.7. The van der Waals surface area contributed by atoms with Gasteiger partial charge < -0.3 is 19.1 Å². The van der Waals surface area contributed by atoms with E-state index in [9.17, 15) is 19.1 Å². The van der Waals surface area contributed by atoms with Crippen LogP contribution in [0.15, 0.2) is 41.5 Å². The molecule has 4 rings (SSSR count). The molecule has 0 radical (unpaired) electrons. The lowest BCUT2D eigenvalue weighted by Crippen LogP contribution is -2.19. The van der Waals surface area contributed by atoms with E-state index in [-0.39, 0.29) is 51.2 Å². The van der Waals surface area contributed by atoms with E-state index in [0.29, 0.717) is 22.4 Å². The third kappa shape index (κ3) is 5.52. The van der Waals surface area contributed by atoms with Crippen LogP contribution in [0.4, 0.5) is 4.39 Å². The Balaban J connectivity index is 2.05. The molecule has 1 atom stereocenters. The number of methoxy groups -OCH3 is 2. The van der Waals surface area contributed by atoms with E-state index in [1.807, 2.05) is 13.8 Å². The minimum atomic E-state index is -1.29. The highest BCUT2D eigenvalue weighted by Crippen LogP contribution is 2.39. The van der Waals surface area contributed by atoms with Crippen LogP contribution in [0.2, 0.25) is 10.0 Å². The smallest absolute Gasteiger partial charge is 0.356 e. The van der Waals surface area contributed by atoms with Gasteiger partial charge in [0, 0.05) is 24.7 Å². The summed E-state index contributed by atoms with van der Waals surface area (Å²) in [6.45, 7) is 3.75. The SMILES string of the molecule is COc1ncc(-n2nc(C(=O)O)c(C(Cc3cc(Cl)c(=O)n(C)c3)c3ccc(Cl)c(F)c3)c2C(C)C)c(OC)n1. The maximum Gasteiger partial charge on any atom is 0.356 e. The van der Waals surface area contributed by atoms with Crippen molar-refractivity contribution in [1.29, 1.82) is 0 Å². The minimum Gasteiger partial charge on any atom is -0.479 e. The third-order valence-corrected chi connectivity index (χ3v) is 6.93. The molecule has 0 amide bonds. The number of halogens is 3. The second-order valence-electron chi connectivity index (χ2n) is 9.31. The first-order valence-corrected chi connectivity index (χ1v) is 12.8. The highest BCUT2D eigenvalue weighted by Gasteiger charge is 2.33. The molecule has 1 aromatic carbocycles. The summed E-state index contributed by atoms with van der Waals surface area (Å²) in [6.07, 6.45) is 3.19. The maximum absolute atomic E-state index is 14.8. The van der Waals surface area contributed by atoms with E-state index in [0.717, 1.165) is 0 Å². The summed E-state index contributed by atoms with van der Waals surface area (Å²) in [4.78, 5) is 33.2. The zero-order valence-electron chi connectivity index (χ0n) is 22.3. The number of carboxylic acids is 1. The Morgan fingerprint density at radius 3 is 2.45 bits per heavy atom. The van der Waals surface area contributed by atoms with Crippen molar-refractivity contribution >= 4 is 29.2 Å². The number of carbonyl (C=O) groups is 1. The fourth-order valence-corrected chi connectivity index (χ4v) is 5.01. The molecule has 4 aromatic rings. The van der Waals surface area contributed by atoms with Crippen LogP contribution in [0.5, 0.6) is 11.9 Å². The lowest BCUT2D eigenvalue weighted by molar-refractivity contribution is 0.0688. The Morgan fingerprint density at radius 2 is 1.88 bits per heavy atom. The lowest BCUT2D eigenvalue weighted by atomic mass is 9.83. The van der Waals surface area contributed by atoms with Crippen LogP contribution in [-0.4, -0.2) is 49.6 Å². The molecule has 13 heteroatoms. The molecule has 3 aromatic heterocycles. The summed E-state index contributed by atoms with van der Waals surface area (Å²) in [6, 6.07) is 5.87. The van der Waals surface area contributed by atoms with Crippen molar-refractivity contribution in [2.75, 3.05) is 14.2 Å². The van der Waals surface area contributed by atoms with Gasteiger partial charge in [-0.3, -0.25) is 4.79 Å². The topological polar surface area (TPSA) is 121 Å². The fourth-order valence-electron chi connectivity index (χ4n) is 4.62. The highest BCUT2D eigenvalue weighted by molar-refractivity contribution is 6.30. The predicted octanol–water partition coefficient (Wildman–Crippen LogP) is 5.02. The van der Waals surface area contributed by atoms with Crippen molar-refractivity contribution in [3.63, 3.8) is 0 Å². The molecule has 0 spiro atoms. The number of aromatic nitrogens is 5. The molecule has 0 fully saturated rings. The number of aryl methyl sites for hydroxylation is 1. The molecule has 0 aliphatic heterocycles. The van der Waals surface area contributed by atoms with E-state index in [4.69, 9.17) is 32.7 Å². The maximum atomic E-state index is 14.8. The summed E-state index contributed by atoms with van der Waals surface area (Å²) < 4.78 is 28.1. The first kappa shape index (κ1) is 29.0. The second kappa shape index (κ2) is 11.6. The largest absolute Gasteiger partial charge is 0.479 e. The lowest BCUT2D eigenvalue weighted by Gasteiger charge is -2.22. The van der Waals surface area contributed by atoms with Gasteiger partial charge in [0.05, 0.1) is 31.1 Å². The Hall–Kier alpha value is -3.96. The third-order valence-electron chi connectivity index (χ3n) is 6.36. The molecule has 0 saturated carbocycles. The van der Waals surface area contributed by atoms with Crippen molar-refractivity contribution in [3.8, 4) is 17.6 Å². The first-order chi connectivity index (χ1) is 19.0. The Labute approximate surface area is 238 Å². The van der Waals surface area contributed by atoms with Gasteiger partial charge in [-0.15, -0.1) is 0 Å². The summed E-state index contributed by atoms with van der Waals surface area (Å²) in [5.41, 5.74) is 1.58. The Morgan fingerprint density at radius 1 is 1.15 bits per heavy atom. The van der Waals surface area contributed by atoms with E-state index < -0.39 is 17.7 Å². The molecule has 210 valence electrons. The monoisotopic (exact) mass is 589 g/mol. The molecule has 0 aliphatic rings. The van der Waals surface area contributed by atoms with E-state index in [1.54, 1.807) is 19.3 Å². The van der Waals surface area contributed by atoms with Gasteiger partial charge in [-0.05, 0) is 41.7 Å². The van der Waals surface area contributed by atoms with Gasteiger partial charge in [0.15, 0.2) is 5.69 Å². The van der Waals surface area contributed by atoms with Gasteiger partial charge in [-0.2, -0.15) is 10.1 Å². The van der Waals surface area contributed by atoms with Gasteiger partial charge >= 0.3 is 12.0 Å². The van der Waals surface area contributed by atoms with E-state index in [2.05, 4.69) is 15.1 Å². The summed E-state index contributed by atoms with van der Waals surface area (Å²) in [7, 11) is 4.38. The molecule has 0 bridgehead atoms. The number of benzene rings is 1. The van der Waals surface area contributed by atoms with Gasteiger partial charge in [-0.1, -0.05) is 43.1 Å². The summed E-state index contributed by atoms with van der Waals surface area (Å²) in [5.74, 6) is -2.85. The van der Waals surface area contributed by atoms with E-state index >= 15 is 0 Å².